The first kappa shape index (κ1) is 15.3. The molecule has 0 aliphatic carbocycles. The van der Waals surface area contributed by atoms with Crippen molar-refractivity contribution in [1.82, 2.24) is 15.5 Å². The third kappa shape index (κ3) is 3.51. The van der Waals surface area contributed by atoms with E-state index >= 15 is 0 Å². The number of rotatable bonds is 5. The average Bonchev–Trinajstić information content (AvgIpc) is 2.79. The summed E-state index contributed by atoms with van der Waals surface area (Å²) in [6, 6.07) is 8.27. The Hall–Kier alpha value is -2.10. The van der Waals surface area contributed by atoms with Crippen molar-refractivity contribution in [2.75, 3.05) is 6.54 Å². The van der Waals surface area contributed by atoms with Crippen LogP contribution in [0.25, 0.3) is 0 Å². The molecule has 0 spiro atoms. The van der Waals surface area contributed by atoms with Gasteiger partial charge in [0.2, 0.25) is 5.91 Å². The van der Waals surface area contributed by atoms with Crippen LogP contribution < -0.4 is 5.32 Å². The molecule has 0 saturated heterocycles. The summed E-state index contributed by atoms with van der Waals surface area (Å²) >= 11 is 0. The first-order valence-corrected chi connectivity index (χ1v) is 7.34. The third-order valence-electron chi connectivity index (χ3n) is 3.97. The van der Waals surface area contributed by atoms with Crippen molar-refractivity contribution < 1.29 is 4.79 Å². The molecule has 1 amide bonds. The second-order valence-electron chi connectivity index (χ2n) is 5.54. The quantitative estimate of drug-likeness (QED) is 0.887. The van der Waals surface area contributed by atoms with Gasteiger partial charge in [-0.1, -0.05) is 24.3 Å². The predicted octanol–water partition coefficient (Wildman–Crippen LogP) is 2.80. The van der Waals surface area contributed by atoms with Gasteiger partial charge in [0, 0.05) is 17.8 Å². The molecule has 1 aromatic carbocycles. The monoisotopic (exact) mass is 285 g/mol. The van der Waals surface area contributed by atoms with Crippen LogP contribution in [0.3, 0.4) is 0 Å². The molecule has 0 aliphatic rings. The van der Waals surface area contributed by atoms with Crippen molar-refractivity contribution in [3.05, 3.63) is 52.3 Å². The van der Waals surface area contributed by atoms with Gasteiger partial charge in [-0.05, 0) is 45.2 Å². The zero-order valence-electron chi connectivity index (χ0n) is 13.2. The maximum absolute atomic E-state index is 12.3. The van der Waals surface area contributed by atoms with Crippen molar-refractivity contribution in [2.45, 2.75) is 40.0 Å². The van der Waals surface area contributed by atoms with Crippen LogP contribution in [0.15, 0.2) is 24.3 Å². The summed E-state index contributed by atoms with van der Waals surface area (Å²) in [5, 5.41) is 10.1. The highest BCUT2D eigenvalue weighted by Crippen LogP contribution is 2.21. The molecule has 4 nitrogen and oxygen atoms in total. The van der Waals surface area contributed by atoms with Crippen molar-refractivity contribution in [3.63, 3.8) is 0 Å². The molecule has 1 heterocycles. The first-order chi connectivity index (χ1) is 10.0. The van der Waals surface area contributed by atoms with Gasteiger partial charge in [0.25, 0.3) is 0 Å². The molecular weight excluding hydrogens is 262 g/mol. The number of hydrogen-bond donors (Lipinski definition) is 2. The predicted molar refractivity (Wildman–Crippen MR) is 84.4 cm³/mol. The molecule has 0 aliphatic heterocycles. The second kappa shape index (κ2) is 6.57. The number of carbonyl (C=O) groups is 1. The van der Waals surface area contributed by atoms with Crippen LogP contribution in [0.2, 0.25) is 0 Å². The van der Waals surface area contributed by atoms with E-state index in [-0.39, 0.29) is 11.8 Å². The highest BCUT2D eigenvalue weighted by Gasteiger charge is 2.20. The molecule has 0 saturated carbocycles. The van der Waals surface area contributed by atoms with E-state index in [1.165, 1.54) is 11.1 Å². The minimum Gasteiger partial charge on any atom is -0.355 e. The number of nitrogens with one attached hydrogen (secondary N) is 2. The summed E-state index contributed by atoms with van der Waals surface area (Å²) in [4.78, 5) is 12.3. The van der Waals surface area contributed by atoms with E-state index in [1.54, 1.807) is 0 Å². The largest absolute Gasteiger partial charge is 0.355 e. The van der Waals surface area contributed by atoms with Crippen LogP contribution in [-0.2, 0) is 11.2 Å². The number of amides is 1. The Morgan fingerprint density at radius 1 is 1.29 bits per heavy atom. The number of aromatic nitrogens is 2. The van der Waals surface area contributed by atoms with E-state index in [0.717, 1.165) is 23.4 Å². The van der Waals surface area contributed by atoms with E-state index in [1.807, 2.05) is 32.9 Å². The van der Waals surface area contributed by atoms with Crippen LogP contribution in [0.4, 0.5) is 0 Å². The number of benzene rings is 1. The molecule has 1 aromatic heterocycles. The molecule has 21 heavy (non-hydrogen) atoms. The smallest absolute Gasteiger partial charge is 0.227 e. The fraction of sp³-hybridized carbons (Fsp3) is 0.412. The fourth-order valence-corrected chi connectivity index (χ4v) is 2.69. The Morgan fingerprint density at radius 3 is 2.62 bits per heavy atom. The van der Waals surface area contributed by atoms with E-state index < -0.39 is 0 Å². The number of H-pyrrole nitrogens is 1. The Morgan fingerprint density at radius 2 is 2.00 bits per heavy atom. The van der Waals surface area contributed by atoms with Gasteiger partial charge in [0.05, 0.1) is 11.6 Å². The van der Waals surface area contributed by atoms with Crippen LogP contribution >= 0.6 is 0 Å². The second-order valence-corrected chi connectivity index (χ2v) is 5.54. The molecule has 0 radical (unpaired) electrons. The summed E-state index contributed by atoms with van der Waals surface area (Å²) in [6.07, 6.45) is 0.856. The Labute approximate surface area is 126 Å². The molecule has 2 rings (SSSR count). The van der Waals surface area contributed by atoms with Gasteiger partial charge in [0.1, 0.15) is 0 Å². The molecular formula is C17H23N3O. The molecule has 2 N–H and O–H groups in total. The van der Waals surface area contributed by atoms with Gasteiger partial charge in [-0.15, -0.1) is 0 Å². The minimum absolute atomic E-state index is 0.0520. The van der Waals surface area contributed by atoms with Crippen molar-refractivity contribution in [2.24, 2.45) is 0 Å². The van der Waals surface area contributed by atoms with Crippen LogP contribution in [0.5, 0.6) is 0 Å². The van der Waals surface area contributed by atoms with Crippen molar-refractivity contribution in [1.29, 1.82) is 0 Å². The summed E-state index contributed by atoms with van der Waals surface area (Å²) in [5.41, 5.74) is 5.41. The summed E-state index contributed by atoms with van der Waals surface area (Å²) in [5.74, 6) is -0.128. The zero-order chi connectivity index (χ0) is 15.4. The van der Waals surface area contributed by atoms with Gasteiger partial charge in [-0.25, -0.2) is 0 Å². The fourth-order valence-electron chi connectivity index (χ4n) is 2.69. The lowest BCUT2D eigenvalue weighted by Crippen LogP contribution is -2.30. The third-order valence-corrected chi connectivity index (χ3v) is 3.97. The number of carbonyl (C=O) groups excluding carboxylic acids is 1. The molecule has 1 atom stereocenters. The SMILES string of the molecule is Cc1ccccc1CCNC(=O)C(C)c1c(C)n[nH]c1C. The molecule has 4 heteroatoms. The van der Waals surface area contributed by atoms with E-state index in [4.69, 9.17) is 0 Å². The Balaban J connectivity index is 1.92. The maximum Gasteiger partial charge on any atom is 0.227 e. The first-order valence-electron chi connectivity index (χ1n) is 7.34. The van der Waals surface area contributed by atoms with Gasteiger partial charge < -0.3 is 5.32 Å². The van der Waals surface area contributed by atoms with E-state index in [9.17, 15) is 4.79 Å². The molecule has 0 bridgehead atoms. The number of aryl methyl sites for hydroxylation is 3. The van der Waals surface area contributed by atoms with E-state index in [0.29, 0.717) is 6.54 Å². The van der Waals surface area contributed by atoms with Gasteiger partial charge >= 0.3 is 0 Å². The number of hydrogen-bond acceptors (Lipinski definition) is 2. The van der Waals surface area contributed by atoms with Crippen LogP contribution in [0, 0.1) is 20.8 Å². The molecule has 2 aromatic rings. The average molecular weight is 285 g/mol. The summed E-state index contributed by atoms with van der Waals surface area (Å²) < 4.78 is 0. The normalized spacial score (nSPS) is 12.2. The van der Waals surface area contributed by atoms with E-state index in [2.05, 4.69) is 34.6 Å². The van der Waals surface area contributed by atoms with Crippen LogP contribution in [-0.4, -0.2) is 22.6 Å². The summed E-state index contributed by atoms with van der Waals surface area (Å²) in [6.45, 7) is 8.55. The highest BCUT2D eigenvalue weighted by atomic mass is 16.1. The maximum atomic E-state index is 12.3. The van der Waals surface area contributed by atoms with Gasteiger partial charge in [0.15, 0.2) is 0 Å². The highest BCUT2D eigenvalue weighted by molar-refractivity contribution is 5.83. The lowest BCUT2D eigenvalue weighted by atomic mass is 9.98. The minimum atomic E-state index is -0.180. The molecule has 112 valence electrons. The summed E-state index contributed by atoms with van der Waals surface area (Å²) in [7, 11) is 0. The lowest BCUT2D eigenvalue weighted by molar-refractivity contribution is -0.122. The zero-order valence-corrected chi connectivity index (χ0v) is 13.2. The van der Waals surface area contributed by atoms with Gasteiger partial charge in [-0.2, -0.15) is 5.10 Å². The van der Waals surface area contributed by atoms with Gasteiger partial charge in [-0.3, -0.25) is 9.89 Å². The van der Waals surface area contributed by atoms with Crippen molar-refractivity contribution in [3.8, 4) is 0 Å². The lowest BCUT2D eigenvalue weighted by Gasteiger charge is -2.13. The van der Waals surface area contributed by atoms with Crippen molar-refractivity contribution >= 4 is 5.91 Å². The topological polar surface area (TPSA) is 57.8 Å². The molecule has 0 fully saturated rings. The number of nitrogens with zero attached hydrogens (tertiary/aromatic N) is 1. The molecule has 1 unspecified atom stereocenters. The number of aromatic amines is 1. The Bertz CT molecular complexity index is 611. The Kier molecular flexibility index (Phi) is 4.78. The standard InChI is InChI=1S/C17H23N3O/c1-11-7-5-6-8-15(11)9-10-18-17(21)12(2)16-13(3)19-20-14(16)4/h5-8,12H,9-10H2,1-4H3,(H,18,21)(H,19,20). The van der Waals surface area contributed by atoms with Crippen LogP contribution in [0.1, 0.15) is 40.9 Å².